The van der Waals surface area contributed by atoms with Crippen LogP contribution in [0.1, 0.15) is 51.2 Å². The van der Waals surface area contributed by atoms with E-state index < -0.39 is 11.9 Å². The Morgan fingerprint density at radius 2 is 1.90 bits per heavy atom. The summed E-state index contributed by atoms with van der Waals surface area (Å²) in [5.74, 6) is 0.189. The van der Waals surface area contributed by atoms with E-state index in [2.05, 4.69) is 45.5 Å². The first-order chi connectivity index (χ1) is 19.9. The van der Waals surface area contributed by atoms with Crippen molar-refractivity contribution in [3.05, 3.63) is 54.0 Å². The number of hydrogen-bond acceptors (Lipinski definition) is 9. The molecular weight excluding hydrogens is 536 g/mol. The van der Waals surface area contributed by atoms with Crippen LogP contribution < -0.4 is 16.8 Å². The fourth-order valence-electron chi connectivity index (χ4n) is 4.34. The number of carbonyl (C=O) groups excluding carboxylic acids is 3. The molecule has 1 aliphatic heterocycles. The van der Waals surface area contributed by atoms with E-state index in [9.17, 15) is 14.4 Å². The van der Waals surface area contributed by atoms with Crippen LogP contribution in [0.15, 0.2) is 42.9 Å². The van der Waals surface area contributed by atoms with Crippen molar-refractivity contribution in [2.45, 2.75) is 71.6 Å². The number of likely N-dealkylation sites (tertiary alicyclic amines) is 1. The summed E-state index contributed by atoms with van der Waals surface area (Å²) in [4.78, 5) is 43.9. The summed E-state index contributed by atoms with van der Waals surface area (Å²) in [6, 6.07) is 7.62. The van der Waals surface area contributed by atoms with Gasteiger partial charge in [-0.05, 0) is 63.8 Å². The van der Waals surface area contributed by atoms with E-state index in [0.717, 1.165) is 28.9 Å². The van der Waals surface area contributed by atoms with E-state index >= 15 is 0 Å². The highest BCUT2D eigenvalue weighted by atomic mass is 16.5. The molecule has 1 aromatic carbocycles. The molecule has 226 valence electrons. The number of nitrogens with zero attached hydrogens (tertiary/aromatic N) is 5. The minimum absolute atomic E-state index is 0.110. The van der Waals surface area contributed by atoms with Crippen molar-refractivity contribution in [2.24, 2.45) is 18.5 Å². The Bertz CT molecular complexity index is 1370. The maximum absolute atomic E-state index is 12.5. The van der Waals surface area contributed by atoms with Crippen LogP contribution in [0.3, 0.4) is 0 Å². The van der Waals surface area contributed by atoms with Crippen LogP contribution in [0, 0.1) is 6.92 Å². The Labute approximate surface area is 246 Å². The molecule has 1 aliphatic rings. The smallest absolute Gasteiger partial charge is 0.227 e. The number of carbonyl (C=O) groups is 3. The Morgan fingerprint density at radius 1 is 1.17 bits per heavy atom. The molecule has 12 heteroatoms. The average Bonchev–Trinajstić information content (AvgIpc) is 3.32. The summed E-state index contributed by atoms with van der Waals surface area (Å²) in [5.41, 5.74) is 15.2. The molecule has 1 saturated heterocycles. The normalized spacial score (nSPS) is 13.6. The van der Waals surface area contributed by atoms with Gasteiger partial charge in [-0.1, -0.05) is 12.1 Å². The molecular formula is C30H42N8O4. The Balaban J connectivity index is 0.000000416. The lowest BCUT2D eigenvalue weighted by Crippen LogP contribution is -2.55. The number of ketones is 1. The molecule has 2 amide bonds. The molecule has 0 saturated carbocycles. The first-order valence-electron chi connectivity index (χ1n) is 14.1. The van der Waals surface area contributed by atoms with Gasteiger partial charge in [-0.15, -0.1) is 0 Å². The highest BCUT2D eigenvalue weighted by Crippen LogP contribution is 2.24. The lowest BCUT2D eigenvalue weighted by atomic mass is 9.99. The molecule has 0 bridgehead atoms. The number of nitrogens with two attached hydrogens (primary N) is 2. The van der Waals surface area contributed by atoms with Crippen molar-refractivity contribution in [2.75, 3.05) is 18.4 Å². The van der Waals surface area contributed by atoms with Crippen molar-refractivity contribution < 1.29 is 19.1 Å². The number of hydrogen-bond donors (Lipinski definition) is 3. The highest BCUT2D eigenvalue weighted by Gasteiger charge is 2.31. The fourth-order valence-corrected chi connectivity index (χ4v) is 4.34. The SMILES string of the molecule is CC(=O)[C@@H](N)CCC(N)=O.Cc1cc(-c2ccnc(Nc3cnn(C)c3)n2)ccc1CCC(=O)N1CC(OC(C)C)C1. The van der Waals surface area contributed by atoms with Gasteiger partial charge in [0.15, 0.2) is 0 Å². The minimum atomic E-state index is -0.535. The standard InChI is InChI=1S/C24H30N6O2.C6H12N2O2/c1-16(2)32-21-14-30(15-21)23(31)8-7-18-5-6-19(11-17(18)3)22-9-10-25-24(28-22)27-20-12-26-29(4)13-20;1-4(9)5(7)2-3-6(8)10/h5-6,9-13,16,21H,7-8,14-15H2,1-4H3,(H,25,27,28);5H,2-3,7H2,1H3,(H2,8,10)/t;5-/m.0/s1. The molecule has 0 radical (unpaired) electrons. The van der Waals surface area contributed by atoms with E-state index in [1.807, 2.05) is 38.1 Å². The fraction of sp³-hybridized carbons (Fsp3) is 0.467. The minimum Gasteiger partial charge on any atom is -0.372 e. The van der Waals surface area contributed by atoms with E-state index in [1.165, 1.54) is 12.5 Å². The number of aromatic nitrogens is 4. The largest absolute Gasteiger partial charge is 0.372 e. The maximum Gasteiger partial charge on any atom is 0.227 e. The monoisotopic (exact) mass is 578 g/mol. The lowest BCUT2D eigenvalue weighted by Gasteiger charge is -2.40. The van der Waals surface area contributed by atoms with Crippen LogP contribution in [0.25, 0.3) is 11.3 Å². The lowest BCUT2D eigenvalue weighted by molar-refractivity contribution is -0.148. The van der Waals surface area contributed by atoms with E-state index in [4.69, 9.17) is 16.2 Å². The molecule has 42 heavy (non-hydrogen) atoms. The predicted molar refractivity (Wildman–Crippen MR) is 161 cm³/mol. The zero-order chi connectivity index (χ0) is 30.8. The van der Waals surface area contributed by atoms with Crippen molar-refractivity contribution in [3.63, 3.8) is 0 Å². The van der Waals surface area contributed by atoms with Gasteiger partial charge in [-0.3, -0.25) is 19.1 Å². The van der Waals surface area contributed by atoms with Crippen molar-refractivity contribution in [1.82, 2.24) is 24.6 Å². The summed E-state index contributed by atoms with van der Waals surface area (Å²) in [5, 5.41) is 7.32. The molecule has 4 rings (SSSR count). The van der Waals surface area contributed by atoms with Gasteiger partial charge in [0.05, 0.1) is 35.8 Å². The van der Waals surface area contributed by atoms with Crippen LogP contribution in [-0.2, 0) is 32.6 Å². The molecule has 0 unspecified atom stereocenters. The summed E-state index contributed by atoms with van der Waals surface area (Å²) in [7, 11) is 1.86. The first kappa shape index (κ1) is 32.4. The Kier molecular flexibility index (Phi) is 11.7. The van der Waals surface area contributed by atoms with Gasteiger partial charge in [0.25, 0.3) is 0 Å². The molecule has 5 N–H and O–H groups in total. The van der Waals surface area contributed by atoms with Gasteiger partial charge in [0, 0.05) is 50.9 Å². The summed E-state index contributed by atoms with van der Waals surface area (Å²) in [6.45, 7) is 8.93. The number of nitrogens with one attached hydrogen (secondary N) is 1. The van der Waals surface area contributed by atoms with Crippen molar-refractivity contribution >= 4 is 29.2 Å². The number of ether oxygens (including phenoxy) is 1. The van der Waals surface area contributed by atoms with Crippen molar-refractivity contribution in [3.8, 4) is 11.3 Å². The third-order valence-corrected chi connectivity index (χ3v) is 6.75. The molecule has 3 heterocycles. The van der Waals surface area contributed by atoms with Gasteiger partial charge in [-0.25, -0.2) is 9.97 Å². The van der Waals surface area contributed by atoms with Crippen LogP contribution >= 0.6 is 0 Å². The van der Waals surface area contributed by atoms with Crippen molar-refractivity contribution in [1.29, 1.82) is 0 Å². The van der Waals surface area contributed by atoms with Crippen LogP contribution in [0.2, 0.25) is 0 Å². The predicted octanol–water partition coefficient (Wildman–Crippen LogP) is 2.67. The van der Waals surface area contributed by atoms with Crippen LogP contribution in [0.5, 0.6) is 0 Å². The van der Waals surface area contributed by atoms with Crippen LogP contribution in [-0.4, -0.2) is 73.6 Å². The molecule has 2 aromatic heterocycles. The topological polar surface area (TPSA) is 171 Å². The van der Waals surface area contributed by atoms with E-state index in [0.29, 0.717) is 31.9 Å². The molecule has 12 nitrogen and oxygen atoms in total. The van der Waals surface area contributed by atoms with E-state index in [-0.39, 0.29) is 30.3 Å². The second-order valence-corrected chi connectivity index (χ2v) is 10.8. The Morgan fingerprint density at radius 3 is 2.50 bits per heavy atom. The summed E-state index contributed by atoms with van der Waals surface area (Å²) < 4.78 is 7.45. The quantitative estimate of drug-likeness (QED) is 0.292. The average molecular weight is 579 g/mol. The number of anilines is 2. The second-order valence-electron chi connectivity index (χ2n) is 10.8. The third-order valence-electron chi connectivity index (χ3n) is 6.75. The molecule has 1 fully saturated rings. The number of Topliss-reactive ketones (excluding diaryl/α,β-unsaturated/α-hetero) is 1. The van der Waals surface area contributed by atoms with Gasteiger partial charge < -0.3 is 26.4 Å². The Hall–Kier alpha value is -4.16. The maximum atomic E-state index is 12.5. The van der Waals surface area contributed by atoms with E-state index in [1.54, 1.807) is 17.1 Å². The third kappa shape index (κ3) is 10.0. The van der Waals surface area contributed by atoms with Gasteiger partial charge in [0.1, 0.15) is 5.78 Å². The summed E-state index contributed by atoms with van der Waals surface area (Å²) >= 11 is 0. The second kappa shape index (κ2) is 15.2. The summed E-state index contributed by atoms with van der Waals surface area (Å²) in [6.07, 6.45) is 7.51. The van der Waals surface area contributed by atoms with Gasteiger partial charge in [-0.2, -0.15) is 5.10 Å². The molecule has 3 aromatic rings. The van der Waals surface area contributed by atoms with Crippen LogP contribution in [0.4, 0.5) is 11.6 Å². The highest BCUT2D eigenvalue weighted by molar-refractivity contribution is 5.82. The molecule has 0 spiro atoms. The number of aryl methyl sites for hydroxylation is 3. The zero-order valence-electron chi connectivity index (χ0n) is 25.0. The molecule has 0 aliphatic carbocycles. The first-order valence-corrected chi connectivity index (χ1v) is 14.1. The zero-order valence-corrected chi connectivity index (χ0v) is 25.0. The van der Waals surface area contributed by atoms with Gasteiger partial charge in [0.2, 0.25) is 17.8 Å². The van der Waals surface area contributed by atoms with Gasteiger partial charge >= 0.3 is 0 Å². The number of amides is 2. The number of rotatable bonds is 12. The number of primary amides is 1. The molecule has 1 atom stereocenters. The number of benzene rings is 1.